The zero-order valence-corrected chi connectivity index (χ0v) is 15.8. The number of phenols is 1. The number of nitrogens with one attached hydrogen (secondary N) is 1. The fourth-order valence-electron chi connectivity index (χ4n) is 2.43. The number of amides is 2. The lowest BCUT2D eigenvalue weighted by Crippen LogP contribution is -2.44. The smallest absolute Gasteiger partial charge is 0.266 e. The Labute approximate surface area is 164 Å². The van der Waals surface area contributed by atoms with E-state index < -0.39 is 11.9 Å². The highest BCUT2D eigenvalue weighted by molar-refractivity contribution is 8.26. The van der Waals surface area contributed by atoms with Gasteiger partial charge in [0.1, 0.15) is 21.9 Å². The monoisotopic (exact) mass is 402 g/mol. The number of benzene rings is 2. The van der Waals surface area contributed by atoms with E-state index in [4.69, 9.17) is 12.2 Å². The van der Waals surface area contributed by atoms with Gasteiger partial charge in [-0.3, -0.25) is 14.5 Å². The quantitative estimate of drug-likeness (QED) is 0.463. The first kappa shape index (κ1) is 19.1. The van der Waals surface area contributed by atoms with E-state index in [1.165, 1.54) is 29.2 Å². The Morgan fingerprint density at radius 1 is 1.22 bits per heavy atom. The van der Waals surface area contributed by atoms with E-state index in [0.717, 1.165) is 11.8 Å². The molecular weight excluding hydrogens is 387 g/mol. The van der Waals surface area contributed by atoms with Crippen molar-refractivity contribution in [2.45, 2.75) is 13.0 Å². The van der Waals surface area contributed by atoms with Crippen LogP contribution in [0.5, 0.6) is 5.75 Å². The summed E-state index contributed by atoms with van der Waals surface area (Å²) in [4.78, 5) is 26.8. The van der Waals surface area contributed by atoms with Gasteiger partial charge in [-0.25, -0.2) is 4.39 Å². The number of carbonyl (C=O) groups excluding carboxylic acids is 2. The van der Waals surface area contributed by atoms with Crippen LogP contribution in [0, 0.1) is 5.82 Å². The molecule has 0 aromatic heterocycles. The van der Waals surface area contributed by atoms with Crippen molar-refractivity contribution in [3.8, 4) is 5.75 Å². The van der Waals surface area contributed by atoms with Crippen LogP contribution in [0.4, 0.5) is 10.1 Å². The Balaban J connectivity index is 1.74. The second-order valence-corrected chi connectivity index (χ2v) is 7.49. The summed E-state index contributed by atoms with van der Waals surface area (Å²) < 4.78 is 13.3. The van der Waals surface area contributed by atoms with Gasteiger partial charge in [0.2, 0.25) is 5.91 Å². The average Bonchev–Trinajstić information content (AvgIpc) is 2.91. The molecule has 1 aliphatic rings. The number of thiocarbonyl (C=S) groups is 1. The standard InChI is InChI=1S/C19H15FN2O3S2/c1-11(17(24)21-14-6-8-15(23)9-7-14)22-18(25)16(27-19(22)26)10-12-2-4-13(20)5-3-12/h2-11,23H,1H3,(H,21,24)/b16-10-. The first-order valence-corrected chi connectivity index (χ1v) is 9.20. The molecule has 1 atom stereocenters. The molecule has 1 heterocycles. The molecule has 0 spiro atoms. The number of hydrogen-bond donors (Lipinski definition) is 2. The molecule has 27 heavy (non-hydrogen) atoms. The van der Waals surface area contributed by atoms with Crippen LogP contribution in [0.2, 0.25) is 0 Å². The van der Waals surface area contributed by atoms with Gasteiger partial charge in [0.05, 0.1) is 4.91 Å². The number of aromatic hydroxyl groups is 1. The highest BCUT2D eigenvalue weighted by Crippen LogP contribution is 2.34. The fraction of sp³-hybridized carbons (Fsp3) is 0.105. The van der Waals surface area contributed by atoms with E-state index in [9.17, 15) is 19.1 Å². The summed E-state index contributed by atoms with van der Waals surface area (Å²) in [6.45, 7) is 1.58. The Morgan fingerprint density at radius 2 is 1.85 bits per heavy atom. The Morgan fingerprint density at radius 3 is 2.48 bits per heavy atom. The minimum atomic E-state index is -0.814. The van der Waals surface area contributed by atoms with Gasteiger partial charge in [-0.1, -0.05) is 36.1 Å². The van der Waals surface area contributed by atoms with Gasteiger partial charge >= 0.3 is 0 Å². The Hall–Kier alpha value is -2.71. The molecule has 0 saturated carbocycles. The predicted octanol–water partition coefficient (Wildman–Crippen LogP) is 3.76. The molecule has 1 saturated heterocycles. The van der Waals surface area contributed by atoms with Gasteiger partial charge in [-0.15, -0.1) is 0 Å². The van der Waals surface area contributed by atoms with Gasteiger partial charge in [0.25, 0.3) is 5.91 Å². The van der Waals surface area contributed by atoms with Crippen molar-refractivity contribution in [3.63, 3.8) is 0 Å². The van der Waals surface area contributed by atoms with Crippen LogP contribution in [0.25, 0.3) is 6.08 Å². The van der Waals surface area contributed by atoms with Crippen LogP contribution >= 0.6 is 24.0 Å². The summed E-state index contributed by atoms with van der Waals surface area (Å²) >= 11 is 6.36. The lowest BCUT2D eigenvalue weighted by molar-refractivity contribution is -0.129. The zero-order valence-electron chi connectivity index (χ0n) is 14.2. The van der Waals surface area contributed by atoms with Crippen LogP contribution in [0.3, 0.4) is 0 Å². The first-order chi connectivity index (χ1) is 12.8. The lowest BCUT2D eigenvalue weighted by Gasteiger charge is -2.22. The zero-order chi connectivity index (χ0) is 19.6. The minimum Gasteiger partial charge on any atom is -0.508 e. The second-order valence-electron chi connectivity index (χ2n) is 5.82. The molecule has 138 valence electrons. The van der Waals surface area contributed by atoms with Gasteiger partial charge < -0.3 is 10.4 Å². The number of hydrogen-bond acceptors (Lipinski definition) is 5. The highest BCUT2D eigenvalue weighted by Gasteiger charge is 2.38. The molecule has 0 radical (unpaired) electrons. The summed E-state index contributed by atoms with van der Waals surface area (Å²) in [5.41, 5.74) is 1.16. The summed E-state index contributed by atoms with van der Waals surface area (Å²) in [5, 5.41) is 12.0. The number of rotatable bonds is 4. The van der Waals surface area contributed by atoms with Crippen LogP contribution in [-0.4, -0.2) is 32.2 Å². The SMILES string of the molecule is CC(C(=O)Nc1ccc(O)cc1)N1C(=O)/C(=C/c2ccc(F)cc2)SC1=S. The van der Waals surface area contributed by atoms with Crippen molar-refractivity contribution in [1.29, 1.82) is 0 Å². The summed E-state index contributed by atoms with van der Waals surface area (Å²) in [5.74, 6) is -1.05. The van der Waals surface area contributed by atoms with Crippen molar-refractivity contribution in [2.24, 2.45) is 0 Å². The highest BCUT2D eigenvalue weighted by atomic mass is 32.2. The maximum absolute atomic E-state index is 13.0. The third kappa shape index (κ3) is 4.35. The molecule has 2 aromatic rings. The van der Waals surface area contributed by atoms with Gasteiger partial charge in [-0.05, 0) is 55.0 Å². The van der Waals surface area contributed by atoms with Crippen molar-refractivity contribution in [3.05, 3.63) is 64.8 Å². The second kappa shape index (κ2) is 7.89. The fourth-order valence-corrected chi connectivity index (χ4v) is 3.85. The Bertz CT molecular complexity index is 927. The van der Waals surface area contributed by atoms with Crippen LogP contribution in [-0.2, 0) is 9.59 Å². The van der Waals surface area contributed by atoms with Crippen molar-refractivity contribution < 1.29 is 19.1 Å². The number of phenolic OH excluding ortho intramolecular Hbond substituents is 1. The number of thioether (sulfide) groups is 1. The summed E-state index contributed by atoms with van der Waals surface area (Å²) in [6.07, 6.45) is 1.61. The van der Waals surface area contributed by atoms with E-state index in [1.54, 1.807) is 37.3 Å². The van der Waals surface area contributed by atoms with Crippen molar-refractivity contribution in [1.82, 2.24) is 4.90 Å². The molecule has 2 amide bonds. The van der Waals surface area contributed by atoms with Gasteiger partial charge in [0.15, 0.2) is 0 Å². The topological polar surface area (TPSA) is 69.6 Å². The third-order valence-electron chi connectivity index (χ3n) is 3.89. The molecular formula is C19H15FN2O3S2. The normalized spacial score (nSPS) is 16.7. The van der Waals surface area contributed by atoms with Crippen molar-refractivity contribution in [2.75, 3.05) is 5.32 Å². The van der Waals surface area contributed by atoms with Crippen LogP contribution < -0.4 is 5.32 Å². The minimum absolute atomic E-state index is 0.0870. The summed E-state index contributed by atoms with van der Waals surface area (Å²) in [6, 6.07) is 10.9. The van der Waals surface area contributed by atoms with Crippen molar-refractivity contribution >= 4 is 51.9 Å². The molecule has 1 fully saturated rings. The van der Waals surface area contributed by atoms with E-state index in [-0.39, 0.29) is 21.8 Å². The van der Waals surface area contributed by atoms with Gasteiger partial charge in [-0.2, -0.15) is 0 Å². The maximum atomic E-state index is 13.0. The molecule has 5 nitrogen and oxygen atoms in total. The molecule has 1 unspecified atom stereocenters. The van der Waals surface area contributed by atoms with Crippen LogP contribution in [0.1, 0.15) is 12.5 Å². The molecule has 0 bridgehead atoms. The summed E-state index contributed by atoms with van der Waals surface area (Å²) in [7, 11) is 0. The molecule has 1 aliphatic heterocycles. The number of carbonyl (C=O) groups is 2. The number of anilines is 1. The van der Waals surface area contributed by atoms with E-state index in [1.807, 2.05) is 0 Å². The van der Waals surface area contributed by atoms with E-state index >= 15 is 0 Å². The van der Waals surface area contributed by atoms with Gasteiger partial charge in [0, 0.05) is 5.69 Å². The van der Waals surface area contributed by atoms with Crippen LogP contribution in [0.15, 0.2) is 53.4 Å². The Kier molecular flexibility index (Phi) is 5.57. The number of halogens is 1. The average molecular weight is 402 g/mol. The molecule has 3 rings (SSSR count). The molecule has 2 aromatic carbocycles. The van der Waals surface area contributed by atoms with E-state index in [2.05, 4.69) is 5.32 Å². The third-order valence-corrected chi connectivity index (χ3v) is 5.22. The van der Waals surface area contributed by atoms with E-state index in [0.29, 0.717) is 16.2 Å². The maximum Gasteiger partial charge on any atom is 0.266 e. The number of nitrogens with zero attached hydrogens (tertiary/aromatic N) is 1. The first-order valence-electron chi connectivity index (χ1n) is 7.97. The predicted molar refractivity (Wildman–Crippen MR) is 108 cm³/mol. The molecule has 2 N–H and O–H groups in total. The molecule has 8 heteroatoms. The largest absolute Gasteiger partial charge is 0.508 e. The lowest BCUT2D eigenvalue weighted by atomic mass is 10.2. The molecule has 0 aliphatic carbocycles.